The van der Waals surface area contributed by atoms with Crippen molar-refractivity contribution in [2.45, 2.75) is 19.3 Å². The molecule has 1 aliphatic carbocycles. The fourth-order valence-corrected chi connectivity index (χ4v) is 4.51. The van der Waals surface area contributed by atoms with Crippen LogP contribution in [0, 0.1) is 0 Å². The standard InChI is InChI=1S/C26H23NO7/c1-31-20-10-9-19-21-23(17-7-3-4-8-18(17)24(21)29)27(26(30)22(19)25(20)32-2)12-15(28)13-33-14-16-6-5-11-34-16/h3-11,15,28H,12-14H2,1-2H3/t15-/m0/s1. The number of methoxy groups -OCH3 is 2. The molecule has 0 spiro atoms. The molecule has 0 radical (unpaired) electrons. The maximum Gasteiger partial charge on any atom is 0.262 e. The minimum atomic E-state index is -1.01. The number of rotatable bonds is 8. The van der Waals surface area contributed by atoms with Gasteiger partial charge in [0.25, 0.3) is 5.56 Å². The van der Waals surface area contributed by atoms with E-state index >= 15 is 0 Å². The number of fused-ring (bicyclic) bond motifs is 5. The van der Waals surface area contributed by atoms with E-state index in [2.05, 4.69) is 0 Å². The molecular formula is C26H23NO7. The van der Waals surface area contributed by atoms with E-state index in [1.54, 1.807) is 48.7 Å². The fourth-order valence-electron chi connectivity index (χ4n) is 4.51. The van der Waals surface area contributed by atoms with E-state index in [0.29, 0.717) is 39.3 Å². The van der Waals surface area contributed by atoms with Crippen LogP contribution in [0.4, 0.5) is 0 Å². The number of aliphatic hydroxyl groups excluding tert-OH is 1. The zero-order valence-electron chi connectivity index (χ0n) is 18.7. The van der Waals surface area contributed by atoms with E-state index in [9.17, 15) is 14.7 Å². The normalized spacial score (nSPS) is 13.1. The van der Waals surface area contributed by atoms with Crippen LogP contribution in [0.25, 0.3) is 22.0 Å². The van der Waals surface area contributed by atoms with Gasteiger partial charge in [0.1, 0.15) is 12.4 Å². The summed E-state index contributed by atoms with van der Waals surface area (Å²) >= 11 is 0. The summed E-state index contributed by atoms with van der Waals surface area (Å²) in [6.07, 6.45) is 0.539. The molecule has 0 fully saturated rings. The van der Waals surface area contributed by atoms with Gasteiger partial charge in [-0.1, -0.05) is 24.3 Å². The Hall–Kier alpha value is -3.88. The van der Waals surface area contributed by atoms with Crippen LogP contribution in [-0.2, 0) is 17.9 Å². The SMILES string of the molecule is COc1ccc2c3c(n(C[C@H](O)COCc4ccco4)c(=O)c2c1OC)-c1ccccc1C3=O. The Kier molecular flexibility index (Phi) is 5.69. The van der Waals surface area contributed by atoms with E-state index in [4.69, 9.17) is 18.6 Å². The summed E-state index contributed by atoms with van der Waals surface area (Å²) in [5.74, 6) is 1.07. The molecule has 0 unspecified atom stereocenters. The average molecular weight is 461 g/mol. The van der Waals surface area contributed by atoms with Crippen LogP contribution in [0.2, 0.25) is 0 Å². The van der Waals surface area contributed by atoms with Gasteiger partial charge in [-0.25, -0.2) is 0 Å². The van der Waals surface area contributed by atoms with Gasteiger partial charge >= 0.3 is 0 Å². The highest BCUT2D eigenvalue weighted by molar-refractivity contribution is 6.27. The van der Waals surface area contributed by atoms with Crippen LogP contribution in [0.1, 0.15) is 21.7 Å². The second kappa shape index (κ2) is 8.81. The van der Waals surface area contributed by atoms with Gasteiger partial charge in [-0.3, -0.25) is 9.59 Å². The first-order valence-electron chi connectivity index (χ1n) is 10.8. The van der Waals surface area contributed by atoms with Gasteiger partial charge in [-0.05, 0) is 24.3 Å². The molecule has 2 aromatic heterocycles. The zero-order chi connectivity index (χ0) is 23.8. The number of nitrogens with zero attached hydrogens (tertiary/aromatic N) is 1. The monoisotopic (exact) mass is 461 g/mol. The summed E-state index contributed by atoms with van der Waals surface area (Å²) in [5.41, 5.74) is 1.66. The fraction of sp³-hybridized carbons (Fsp3) is 0.231. The molecule has 8 heteroatoms. The Morgan fingerprint density at radius 2 is 1.79 bits per heavy atom. The number of aromatic nitrogens is 1. The second-order valence-corrected chi connectivity index (χ2v) is 7.99. The van der Waals surface area contributed by atoms with Crippen molar-refractivity contribution in [2.75, 3.05) is 20.8 Å². The number of aliphatic hydroxyl groups is 1. The van der Waals surface area contributed by atoms with Gasteiger partial charge in [0, 0.05) is 16.5 Å². The van der Waals surface area contributed by atoms with Crippen LogP contribution in [0.5, 0.6) is 11.5 Å². The number of carbonyl (C=O) groups is 1. The highest BCUT2D eigenvalue weighted by Gasteiger charge is 2.34. The number of benzene rings is 2. The molecular weight excluding hydrogens is 438 g/mol. The van der Waals surface area contributed by atoms with Crippen LogP contribution in [0.3, 0.4) is 0 Å². The first-order chi connectivity index (χ1) is 16.5. The lowest BCUT2D eigenvalue weighted by Gasteiger charge is -2.19. The number of hydrogen-bond donors (Lipinski definition) is 1. The highest BCUT2D eigenvalue weighted by Crippen LogP contribution is 2.43. The van der Waals surface area contributed by atoms with Gasteiger partial charge in [0.2, 0.25) is 0 Å². The molecule has 0 saturated heterocycles. The predicted molar refractivity (Wildman–Crippen MR) is 125 cm³/mol. The van der Waals surface area contributed by atoms with Crippen molar-refractivity contribution < 1.29 is 28.5 Å². The molecule has 1 aliphatic rings. The van der Waals surface area contributed by atoms with Gasteiger partial charge in [0.15, 0.2) is 17.3 Å². The number of ether oxygens (including phenoxy) is 3. The molecule has 1 atom stereocenters. The lowest BCUT2D eigenvalue weighted by Crippen LogP contribution is -2.31. The number of ketones is 1. The third-order valence-corrected chi connectivity index (χ3v) is 5.96. The Labute approximate surface area is 194 Å². The molecule has 4 aromatic rings. The number of pyridine rings is 1. The van der Waals surface area contributed by atoms with Crippen molar-refractivity contribution in [3.8, 4) is 22.8 Å². The quantitative estimate of drug-likeness (QED) is 0.378. The zero-order valence-corrected chi connectivity index (χ0v) is 18.7. The van der Waals surface area contributed by atoms with E-state index in [0.717, 1.165) is 0 Å². The van der Waals surface area contributed by atoms with Gasteiger partial charge in [-0.2, -0.15) is 0 Å². The molecule has 8 nitrogen and oxygen atoms in total. The Balaban J connectivity index is 1.64. The van der Waals surface area contributed by atoms with Crippen molar-refractivity contribution in [3.63, 3.8) is 0 Å². The topological polar surface area (TPSA) is 100 Å². The molecule has 34 heavy (non-hydrogen) atoms. The Bertz CT molecular complexity index is 1440. The lowest BCUT2D eigenvalue weighted by atomic mass is 10.0. The third-order valence-electron chi connectivity index (χ3n) is 5.96. The summed E-state index contributed by atoms with van der Waals surface area (Å²) in [5, 5.41) is 11.5. The third kappa shape index (κ3) is 3.48. The average Bonchev–Trinajstić information content (AvgIpc) is 3.47. The largest absolute Gasteiger partial charge is 0.493 e. The minimum absolute atomic E-state index is 0.0230. The van der Waals surface area contributed by atoms with Gasteiger partial charge in [0.05, 0.1) is 56.4 Å². The van der Waals surface area contributed by atoms with Crippen molar-refractivity contribution in [2.24, 2.45) is 0 Å². The minimum Gasteiger partial charge on any atom is -0.493 e. The number of hydrogen-bond acceptors (Lipinski definition) is 7. The van der Waals surface area contributed by atoms with Gasteiger partial charge < -0.3 is 28.3 Å². The Morgan fingerprint density at radius 1 is 1.00 bits per heavy atom. The Morgan fingerprint density at radius 3 is 2.50 bits per heavy atom. The summed E-state index contributed by atoms with van der Waals surface area (Å²) in [4.78, 5) is 27.2. The summed E-state index contributed by atoms with van der Waals surface area (Å²) in [6, 6.07) is 14.1. The lowest BCUT2D eigenvalue weighted by molar-refractivity contribution is 0.0145. The molecule has 0 bridgehead atoms. The molecule has 0 amide bonds. The number of furan rings is 1. The first kappa shape index (κ1) is 21.9. The number of carbonyl (C=O) groups excluding carboxylic acids is 1. The molecule has 1 N–H and O–H groups in total. The molecule has 2 aromatic carbocycles. The van der Waals surface area contributed by atoms with Crippen LogP contribution >= 0.6 is 0 Å². The molecule has 2 heterocycles. The molecule has 174 valence electrons. The van der Waals surface area contributed by atoms with Crippen molar-refractivity contribution in [3.05, 3.63) is 82.0 Å². The van der Waals surface area contributed by atoms with Crippen molar-refractivity contribution in [1.82, 2.24) is 4.57 Å². The predicted octanol–water partition coefficient (Wildman–Crippen LogP) is 3.40. The van der Waals surface area contributed by atoms with Crippen molar-refractivity contribution in [1.29, 1.82) is 0 Å². The van der Waals surface area contributed by atoms with E-state index in [-0.39, 0.29) is 42.2 Å². The summed E-state index contributed by atoms with van der Waals surface area (Å²) in [7, 11) is 2.93. The second-order valence-electron chi connectivity index (χ2n) is 7.99. The van der Waals surface area contributed by atoms with E-state index < -0.39 is 6.10 Å². The maximum atomic E-state index is 13.8. The van der Waals surface area contributed by atoms with E-state index in [1.165, 1.54) is 18.8 Å². The van der Waals surface area contributed by atoms with Crippen LogP contribution in [0.15, 0.2) is 64.0 Å². The van der Waals surface area contributed by atoms with E-state index in [1.807, 2.05) is 6.07 Å². The maximum absolute atomic E-state index is 13.8. The smallest absolute Gasteiger partial charge is 0.262 e. The molecule has 0 saturated carbocycles. The highest BCUT2D eigenvalue weighted by atomic mass is 16.5. The molecule has 5 rings (SSSR count). The molecule has 0 aliphatic heterocycles. The van der Waals surface area contributed by atoms with Crippen molar-refractivity contribution >= 4 is 16.6 Å². The van der Waals surface area contributed by atoms with Crippen LogP contribution in [-0.4, -0.2) is 42.4 Å². The summed E-state index contributed by atoms with van der Waals surface area (Å²) < 4.78 is 23.1. The first-order valence-corrected chi connectivity index (χ1v) is 10.8. The van der Waals surface area contributed by atoms with Crippen LogP contribution < -0.4 is 15.0 Å². The summed E-state index contributed by atoms with van der Waals surface area (Å²) in [6.45, 7) is 0.100. The van der Waals surface area contributed by atoms with Gasteiger partial charge in [-0.15, -0.1) is 0 Å².